The highest BCUT2D eigenvalue weighted by Gasteiger charge is 2.24. The Labute approximate surface area is 203 Å². The van der Waals surface area contributed by atoms with E-state index in [0.717, 1.165) is 29.1 Å². The minimum absolute atomic E-state index is 0.192. The first-order valence-electron chi connectivity index (χ1n) is 11.7. The second-order valence-corrected chi connectivity index (χ2v) is 8.59. The van der Waals surface area contributed by atoms with Gasteiger partial charge in [0.1, 0.15) is 12.4 Å². The molecule has 0 aliphatic heterocycles. The highest BCUT2D eigenvalue weighted by atomic mass is 16.5. The van der Waals surface area contributed by atoms with Crippen LogP contribution in [-0.2, 0) is 11.3 Å². The average molecular weight is 462 g/mol. The fraction of sp³-hybridized carbons (Fsp3) is 0.393. The molecule has 1 aromatic heterocycles. The molecule has 1 N–H and O–H groups in total. The van der Waals surface area contributed by atoms with Crippen LogP contribution in [-0.4, -0.2) is 51.7 Å². The molecule has 2 atom stereocenters. The van der Waals surface area contributed by atoms with Gasteiger partial charge < -0.3 is 14.6 Å². The van der Waals surface area contributed by atoms with Gasteiger partial charge in [-0.25, -0.2) is 4.68 Å². The van der Waals surface area contributed by atoms with Crippen LogP contribution in [0.4, 0.5) is 0 Å². The summed E-state index contributed by atoms with van der Waals surface area (Å²) in [6.07, 6.45) is 5.55. The number of aryl methyl sites for hydroxylation is 2. The molecule has 0 fully saturated rings. The van der Waals surface area contributed by atoms with E-state index in [4.69, 9.17) is 21.0 Å². The van der Waals surface area contributed by atoms with Gasteiger partial charge in [-0.15, -0.1) is 6.42 Å². The molecule has 0 aliphatic carbocycles. The number of hydrogen-bond donors (Lipinski definition) is 1. The SMILES string of the molecule is C#CCOC[C@@H](O)CN(Cc1c(C)nn(-c2ccccc2)c1Oc1ccc(C)cc1)[C@@H](C)CC. The molecule has 0 saturated carbocycles. The van der Waals surface area contributed by atoms with E-state index in [0.29, 0.717) is 19.0 Å². The molecule has 0 saturated heterocycles. The van der Waals surface area contributed by atoms with Crippen molar-refractivity contribution in [3.05, 3.63) is 71.4 Å². The zero-order valence-corrected chi connectivity index (χ0v) is 20.6. The molecule has 1 heterocycles. The summed E-state index contributed by atoms with van der Waals surface area (Å²) in [6.45, 7) is 9.79. The molecule has 3 rings (SSSR count). The van der Waals surface area contributed by atoms with Crippen molar-refractivity contribution in [3.63, 3.8) is 0 Å². The molecule has 0 radical (unpaired) electrons. The molecule has 0 spiro atoms. The van der Waals surface area contributed by atoms with Crippen LogP contribution in [0.2, 0.25) is 0 Å². The molecule has 3 aromatic rings. The summed E-state index contributed by atoms with van der Waals surface area (Å²) in [7, 11) is 0. The van der Waals surface area contributed by atoms with Crippen LogP contribution < -0.4 is 4.74 Å². The van der Waals surface area contributed by atoms with Gasteiger partial charge in [0.25, 0.3) is 0 Å². The Morgan fingerprint density at radius 3 is 2.47 bits per heavy atom. The summed E-state index contributed by atoms with van der Waals surface area (Å²) < 4.78 is 13.6. The minimum atomic E-state index is -0.645. The predicted octanol–water partition coefficient (Wildman–Crippen LogP) is 4.89. The van der Waals surface area contributed by atoms with Crippen LogP contribution in [0.1, 0.15) is 37.1 Å². The topological polar surface area (TPSA) is 59.8 Å². The van der Waals surface area contributed by atoms with Gasteiger partial charge in [0, 0.05) is 19.1 Å². The van der Waals surface area contributed by atoms with Crippen LogP contribution >= 0.6 is 0 Å². The van der Waals surface area contributed by atoms with E-state index < -0.39 is 6.10 Å². The van der Waals surface area contributed by atoms with Crippen molar-refractivity contribution in [3.8, 4) is 29.7 Å². The van der Waals surface area contributed by atoms with Crippen molar-refractivity contribution < 1.29 is 14.6 Å². The van der Waals surface area contributed by atoms with E-state index in [1.165, 1.54) is 5.56 Å². The normalized spacial score (nSPS) is 13.0. The number of aliphatic hydroxyl groups is 1. The summed E-state index contributed by atoms with van der Waals surface area (Å²) in [5, 5.41) is 15.4. The number of benzene rings is 2. The van der Waals surface area contributed by atoms with E-state index in [1.807, 2.05) is 66.2 Å². The standard InChI is InChI=1S/C28H35N3O3/c1-6-17-33-20-25(32)18-30(22(4)7-2)19-27-23(5)29-31(24-11-9-8-10-12-24)28(27)34-26-15-13-21(3)14-16-26/h1,8-16,22,25,32H,7,17-20H2,2-5H3/t22-,25-/m0/s1. The summed E-state index contributed by atoms with van der Waals surface area (Å²) in [6, 6.07) is 18.2. The molecule has 34 heavy (non-hydrogen) atoms. The third kappa shape index (κ3) is 6.71. The van der Waals surface area contributed by atoms with E-state index in [9.17, 15) is 5.11 Å². The Hall–Kier alpha value is -3.11. The molecule has 0 bridgehead atoms. The number of para-hydroxylation sites is 1. The third-order valence-electron chi connectivity index (χ3n) is 5.89. The minimum Gasteiger partial charge on any atom is -0.439 e. The van der Waals surface area contributed by atoms with Crippen LogP contribution in [0.15, 0.2) is 54.6 Å². The second-order valence-electron chi connectivity index (χ2n) is 8.59. The Kier molecular flexibility index (Phi) is 9.29. The smallest absolute Gasteiger partial charge is 0.227 e. The summed E-state index contributed by atoms with van der Waals surface area (Å²) in [5.74, 6) is 3.87. The highest BCUT2D eigenvalue weighted by molar-refractivity contribution is 5.43. The van der Waals surface area contributed by atoms with Crippen molar-refractivity contribution in [2.45, 2.75) is 52.8 Å². The Bertz CT molecular complexity index is 1070. The molecule has 0 aliphatic rings. The number of aliphatic hydroxyl groups excluding tert-OH is 1. The second kappa shape index (κ2) is 12.4. The lowest BCUT2D eigenvalue weighted by atomic mass is 10.1. The van der Waals surface area contributed by atoms with Gasteiger partial charge in [0.2, 0.25) is 5.88 Å². The van der Waals surface area contributed by atoms with E-state index >= 15 is 0 Å². The largest absolute Gasteiger partial charge is 0.439 e. The van der Waals surface area contributed by atoms with Gasteiger partial charge in [-0.1, -0.05) is 48.7 Å². The zero-order chi connectivity index (χ0) is 24.5. The fourth-order valence-electron chi connectivity index (χ4n) is 3.73. The van der Waals surface area contributed by atoms with Crippen molar-refractivity contribution in [2.24, 2.45) is 0 Å². The Balaban J connectivity index is 1.95. The first kappa shape index (κ1) is 25.5. The van der Waals surface area contributed by atoms with E-state index in [2.05, 4.69) is 31.6 Å². The van der Waals surface area contributed by atoms with Crippen LogP contribution in [0.25, 0.3) is 5.69 Å². The lowest BCUT2D eigenvalue weighted by molar-refractivity contribution is 0.0168. The zero-order valence-electron chi connectivity index (χ0n) is 20.6. The molecule has 0 unspecified atom stereocenters. The number of ether oxygens (including phenoxy) is 2. The van der Waals surface area contributed by atoms with E-state index in [1.54, 1.807) is 0 Å². The quantitative estimate of drug-likeness (QED) is 0.307. The van der Waals surface area contributed by atoms with Gasteiger partial charge in [-0.2, -0.15) is 5.10 Å². The maximum absolute atomic E-state index is 10.6. The monoisotopic (exact) mass is 461 g/mol. The Morgan fingerprint density at radius 1 is 1.12 bits per heavy atom. The van der Waals surface area contributed by atoms with Crippen molar-refractivity contribution in [2.75, 3.05) is 19.8 Å². The van der Waals surface area contributed by atoms with Gasteiger partial charge in [-0.05, 0) is 51.5 Å². The number of terminal acetylenes is 1. The molecular weight excluding hydrogens is 426 g/mol. The summed E-state index contributed by atoms with van der Waals surface area (Å²) in [5.41, 5.74) is 3.97. The average Bonchev–Trinajstić information content (AvgIpc) is 3.15. The lowest BCUT2D eigenvalue weighted by Crippen LogP contribution is -2.40. The fourth-order valence-corrected chi connectivity index (χ4v) is 3.73. The third-order valence-corrected chi connectivity index (χ3v) is 5.89. The van der Waals surface area contributed by atoms with Crippen molar-refractivity contribution in [1.82, 2.24) is 14.7 Å². The maximum Gasteiger partial charge on any atom is 0.227 e. The molecular formula is C28H35N3O3. The molecule has 0 amide bonds. The Morgan fingerprint density at radius 2 is 1.82 bits per heavy atom. The van der Waals surface area contributed by atoms with Gasteiger partial charge in [0.05, 0.1) is 29.7 Å². The maximum atomic E-state index is 10.6. The summed E-state index contributed by atoms with van der Waals surface area (Å²) >= 11 is 0. The first-order valence-corrected chi connectivity index (χ1v) is 11.7. The predicted molar refractivity (Wildman–Crippen MR) is 135 cm³/mol. The number of rotatable bonds is 12. The van der Waals surface area contributed by atoms with Gasteiger partial charge in [-0.3, -0.25) is 4.90 Å². The number of nitrogens with zero attached hydrogens (tertiary/aromatic N) is 3. The lowest BCUT2D eigenvalue weighted by Gasteiger charge is -2.30. The van der Waals surface area contributed by atoms with Crippen molar-refractivity contribution >= 4 is 0 Å². The van der Waals surface area contributed by atoms with E-state index in [-0.39, 0.29) is 19.3 Å². The van der Waals surface area contributed by atoms with Gasteiger partial charge in [0.15, 0.2) is 0 Å². The molecule has 6 heteroatoms. The van der Waals surface area contributed by atoms with Gasteiger partial charge >= 0.3 is 0 Å². The molecule has 6 nitrogen and oxygen atoms in total. The number of aromatic nitrogens is 2. The van der Waals surface area contributed by atoms with Crippen LogP contribution in [0, 0.1) is 26.2 Å². The van der Waals surface area contributed by atoms with Crippen molar-refractivity contribution in [1.29, 1.82) is 0 Å². The first-order chi connectivity index (χ1) is 16.4. The molecule has 180 valence electrons. The molecule has 2 aromatic carbocycles. The summed E-state index contributed by atoms with van der Waals surface area (Å²) in [4.78, 5) is 2.24. The van der Waals surface area contributed by atoms with Crippen LogP contribution in [0.3, 0.4) is 0 Å². The van der Waals surface area contributed by atoms with Crippen LogP contribution in [0.5, 0.6) is 11.6 Å². The highest BCUT2D eigenvalue weighted by Crippen LogP contribution is 2.32. The number of hydrogen-bond acceptors (Lipinski definition) is 5.